The maximum atomic E-state index is 12.6. The Labute approximate surface area is 133 Å². The standard InChI is InChI=1S/C17H19BrN2O/c1-19-10-12-6-7-20(11-12)17(21)15-3-2-14-9-16(18)5-4-13(14)8-15/h2-5,8-9,12,19H,6-7,10-11H2,1H3. The van der Waals surface area contributed by atoms with Crippen molar-refractivity contribution in [1.29, 1.82) is 0 Å². The molecule has 0 aliphatic carbocycles. The number of benzene rings is 2. The third-order valence-corrected chi connectivity index (χ3v) is 4.61. The van der Waals surface area contributed by atoms with E-state index in [2.05, 4.69) is 27.3 Å². The van der Waals surface area contributed by atoms with E-state index < -0.39 is 0 Å². The van der Waals surface area contributed by atoms with Gasteiger partial charge in [0, 0.05) is 23.1 Å². The van der Waals surface area contributed by atoms with Gasteiger partial charge in [-0.3, -0.25) is 4.79 Å². The van der Waals surface area contributed by atoms with Gasteiger partial charge in [0.15, 0.2) is 0 Å². The molecule has 1 fully saturated rings. The van der Waals surface area contributed by atoms with Crippen molar-refractivity contribution in [2.75, 3.05) is 26.7 Å². The number of fused-ring (bicyclic) bond motifs is 1. The maximum Gasteiger partial charge on any atom is 0.253 e. The van der Waals surface area contributed by atoms with Crippen LogP contribution in [0.3, 0.4) is 0 Å². The molecule has 1 aliphatic rings. The highest BCUT2D eigenvalue weighted by atomic mass is 79.9. The van der Waals surface area contributed by atoms with Gasteiger partial charge in [0.2, 0.25) is 0 Å². The fourth-order valence-electron chi connectivity index (χ4n) is 3.00. The molecule has 1 aliphatic heterocycles. The molecule has 1 atom stereocenters. The number of carbonyl (C=O) groups is 1. The van der Waals surface area contributed by atoms with E-state index in [1.807, 2.05) is 42.3 Å². The number of nitrogens with zero attached hydrogens (tertiary/aromatic N) is 1. The van der Waals surface area contributed by atoms with Crippen molar-refractivity contribution in [1.82, 2.24) is 10.2 Å². The smallest absolute Gasteiger partial charge is 0.253 e. The largest absolute Gasteiger partial charge is 0.338 e. The lowest BCUT2D eigenvalue weighted by molar-refractivity contribution is 0.0787. The average molecular weight is 347 g/mol. The van der Waals surface area contributed by atoms with Gasteiger partial charge in [-0.25, -0.2) is 0 Å². The van der Waals surface area contributed by atoms with Gasteiger partial charge in [0.05, 0.1) is 0 Å². The molecule has 4 heteroatoms. The molecular formula is C17H19BrN2O. The van der Waals surface area contributed by atoms with Crippen molar-refractivity contribution in [3.8, 4) is 0 Å². The zero-order valence-electron chi connectivity index (χ0n) is 12.1. The molecule has 3 nitrogen and oxygen atoms in total. The molecule has 2 aromatic carbocycles. The second-order valence-electron chi connectivity index (χ2n) is 5.67. The van der Waals surface area contributed by atoms with Crippen LogP contribution in [-0.4, -0.2) is 37.5 Å². The molecule has 1 unspecified atom stereocenters. The number of amides is 1. The SMILES string of the molecule is CNCC1CCN(C(=O)c2ccc3cc(Br)ccc3c2)C1. The van der Waals surface area contributed by atoms with Crippen LogP contribution in [0.25, 0.3) is 10.8 Å². The lowest BCUT2D eigenvalue weighted by Crippen LogP contribution is -2.30. The third kappa shape index (κ3) is 3.11. The predicted octanol–water partition coefficient (Wildman–Crippen LogP) is 3.28. The molecule has 0 saturated carbocycles. The number of rotatable bonds is 3. The molecule has 21 heavy (non-hydrogen) atoms. The van der Waals surface area contributed by atoms with Crippen molar-refractivity contribution in [2.24, 2.45) is 5.92 Å². The summed E-state index contributed by atoms with van der Waals surface area (Å²) in [6.45, 7) is 2.71. The summed E-state index contributed by atoms with van der Waals surface area (Å²) in [5, 5.41) is 5.45. The van der Waals surface area contributed by atoms with Gasteiger partial charge in [-0.15, -0.1) is 0 Å². The highest BCUT2D eigenvalue weighted by Crippen LogP contribution is 2.23. The Kier molecular flexibility index (Phi) is 4.27. The maximum absolute atomic E-state index is 12.6. The summed E-state index contributed by atoms with van der Waals surface area (Å²) in [5.41, 5.74) is 0.787. The number of nitrogens with one attached hydrogen (secondary N) is 1. The normalized spacial score (nSPS) is 18.4. The van der Waals surface area contributed by atoms with Gasteiger partial charge in [0.25, 0.3) is 5.91 Å². The fraction of sp³-hybridized carbons (Fsp3) is 0.353. The van der Waals surface area contributed by atoms with Crippen LogP contribution in [0.4, 0.5) is 0 Å². The molecule has 1 saturated heterocycles. The Morgan fingerprint density at radius 1 is 1.29 bits per heavy atom. The first-order valence-electron chi connectivity index (χ1n) is 7.30. The predicted molar refractivity (Wildman–Crippen MR) is 89.6 cm³/mol. The number of carbonyl (C=O) groups excluding carboxylic acids is 1. The van der Waals surface area contributed by atoms with E-state index in [4.69, 9.17) is 0 Å². The molecule has 1 N–H and O–H groups in total. The lowest BCUT2D eigenvalue weighted by Gasteiger charge is -2.17. The van der Waals surface area contributed by atoms with Crippen LogP contribution < -0.4 is 5.32 Å². The van der Waals surface area contributed by atoms with E-state index in [0.29, 0.717) is 5.92 Å². The molecular weight excluding hydrogens is 328 g/mol. The molecule has 1 amide bonds. The van der Waals surface area contributed by atoms with Crippen LogP contribution in [0.5, 0.6) is 0 Å². The summed E-state index contributed by atoms with van der Waals surface area (Å²) in [6.07, 6.45) is 1.09. The average Bonchev–Trinajstić information content (AvgIpc) is 2.95. The highest BCUT2D eigenvalue weighted by Gasteiger charge is 2.26. The van der Waals surface area contributed by atoms with E-state index in [9.17, 15) is 4.79 Å². The van der Waals surface area contributed by atoms with Crippen LogP contribution in [0.1, 0.15) is 16.8 Å². The zero-order chi connectivity index (χ0) is 14.8. The van der Waals surface area contributed by atoms with E-state index in [1.165, 1.54) is 0 Å². The molecule has 110 valence electrons. The molecule has 0 aromatic heterocycles. The Morgan fingerprint density at radius 3 is 2.86 bits per heavy atom. The minimum absolute atomic E-state index is 0.151. The number of hydrogen-bond acceptors (Lipinski definition) is 2. The summed E-state index contributed by atoms with van der Waals surface area (Å²) in [6, 6.07) is 12.1. The van der Waals surface area contributed by atoms with Gasteiger partial charge in [-0.05, 0) is 61.0 Å². The first-order chi connectivity index (χ1) is 10.2. The molecule has 1 heterocycles. The number of halogens is 1. The van der Waals surface area contributed by atoms with Gasteiger partial charge < -0.3 is 10.2 Å². The molecule has 0 spiro atoms. The fourth-order valence-corrected chi connectivity index (χ4v) is 3.38. The van der Waals surface area contributed by atoms with Crippen molar-refractivity contribution in [3.05, 3.63) is 46.4 Å². The van der Waals surface area contributed by atoms with Crippen molar-refractivity contribution >= 4 is 32.6 Å². The Hall–Kier alpha value is -1.39. The minimum atomic E-state index is 0.151. The molecule has 0 radical (unpaired) electrons. The summed E-state index contributed by atoms with van der Waals surface area (Å²) in [7, 11) is 1.96. The van der Waals surface area contributed by atoms with Gasteiger partial charge in [0.1, 0.15) is 0 Å². The monoisotopic (exact) mass is 346 g/mol. The third-order valence-electron chi connectivity index (χ3n) is 4.12. The van der Waals surface area contributed by atoms with Crippen molar-refractivity contribution in [2.45, 2.75) is 6.42 Å². The second kappa shape index (κ2) is 6.16. The number of hydrogen-bond donors (Lipinski definition) is 1. The first kappa shape index (κ1) is 14.5. The quantitative estimate of drug-likeness (QED) is 0.924. The second-order valence-corrected chi connectivity index (χ2v) is 6.59. The van der Waals surface area contributed by atoms with Crippen LogP contribution >= 0.6 is 15.9 Å². The first-order valence-corrected chi connectivity index (χ1v) is 8.10. The molecule has 0 bridgehead atoms. The van der Waals surface area contributed by atoms with Gasteiger partial charge in [-0.1, -0.05) is 28.1 Å². The molecule has 3 rings (SSSR count). The van der Waals surface area contributed by atoms with Crippen molar-refractivity contribution < 1.29 is 4.79 Å². The summed E-state index contributed by atoms with van der Waals surface area (Å²) in [4.78, 5) is 14.6. The van der Waals surface area contributed by atoms with Crippen LogP contribution in [-0.2, 0) is 0 Å². The Morgan fingerprint density at radius 2 is 2.05 bits per heavy atom. The summed E-state index contributed by atoms with van der Waals surface area (Å²) >= 11 is 3.47. The zero-order valence-corrected chi connectivity index (χ0v) is 13.7. The van der Waals surface area contributed by atoms with E-state index in [0.717, 1.165) is 46.9 Å². The highest BCUT2D eigenvalue weighted by molar-refractivity contribution is 9.10. The van der Waals surface area contributed by atoms with E-state index in [1.54, 1.807) is 0 Å². The van der Waals surface area contributed by atoms with Crippen molar-refractivity contribution in [3.63, 3.8) is 0 Å². The minimum Gasteiger partial charge on any atom is -0.338 e. The van der Waals surface area contributed by atoms with Gasteiger partial charge >= 0.3 is 0 Å². The van der Waals surface area contributed by atoms with E-state index >= 15 is 0 Å². The lowest BCUT2D eigenvalue weighted by atomic mass is 10.1. The van der Waals surface area contributed by atoms with Crippen LogP contribution in [0, 0.1) is 5.92 Å². The number of likely N-dealkylation sites (tertiary alicyclic amines) is 1. The Bertz CT molecular complexity index is 671. The topological polar surface area (TPSA) is 32.3 Å². The van der Waals surface area contributed by atoms with Crippen LogP contribution in [0.2, 0.25) is 0 Å². The molecule has 2 aromatic rings. The van der Waals surface area contributed by atoms with Gasteiger partial charge in [-0.2, -0.15) is 0 Å². The summed E-state index contributed by atoms with van der Waals surface area (Å²) in [5.74, 6) is 0.730. The van der Waals surface area contributed by atoms with Crippen LogP contribution in [0.15, 0.2) is 40.9 Å². The summed E-state index contributed by atoms with van der Waals surface area (Å²) < 4.78 is 1.06. The van der Waals surface area contributed by atoms with E-state index in [-0.39, 0.29) is 5.91 Å². The Balaban J connectivity index is 1.80.